The van der Waals surface area contributed by atoms with Crippen molar-refractivity contribution in [2.75, 3.05) is 36.6 Å². The molecule has 11 heteroatoms. The van der Waals surface area contributed by atoms with E-state index in [9.17, 15) is 19.2 Å². The lowest BCUT2D eigenvalue weighted by Gasteiger charge is -2.27. The average Bonchev–Trinajstić information content (AvgIpc) is 2.90. The van der Waals surface area contributed by atoms with Crippen LogP contribution in [-0.2, 0) is 19.1 Å². The van der Waals surface area contributed by atoms with Crippen molar-refractivity contribution in [1.82, 2.24) is 9.24 Å². The molecule has 2 aromatic rings. The normalized spacial score (nSPS) is 14.3. The molecule has 218 valence electrons. The molecule has 3 rings (SSSR count). The standard InChI is InChI=1S/C29H39FN4O6/c1-5-39-26(35)14-10-16-32(17-11-15-27(36)40-6-2)34-28(37)22-18-23(30)24(31-21-12-8-7-9-13-21)19-25(22)33(20(3)4)29(34)38/h10-11,14-15,18-21,31H,5-9,12-13,16-17H2,1-4H3/b14-10+,15-11+. The minimum Gasteiger partial charge on any atom is -0.463 e. The van der Waals surface area contributed by atoms with Crippen molar-refractivity contribution in [3.63, 3.8) is 0 Å². The maximum atomic E-state index is 15.3. The van der Waals surface area contributed by atoms with E-state index in [4.69, 9.17) is 9.47 Å². The van der Waals surface area contributed by atoms with Crippen LogP contribution in [0, 0.1) is 5.82 Å². The Morgan fingerprint density at radius 2 is 1.60 bits per heavy atom. The van der Waals surface area contributed by atoms with E-state index in [0.29, 0.717) is 5.52 Å². The highest BCUT2D eigenvalue weighted by atomic mass is 19.1. The predicted molar refractivity (Wildman–Crippen MR) is 153 cm³/mol. The van der Waals surface area contributed by atoms with E-state index >= 15 is 4.39 Å². The number of benzene rings is 1. The van der Waals surface area contributed by atoms with Gasteiger partial charge in [0.05, 0.1) is 42.9 Å². The fraction of sp³-hybridized carbons (Fsp3) is 0.517. The Labute approximate surface area is 233 Å². The van der Waals surface area contributed by atoms with Crippen molar-refractivity contribution in [1.29, 1.82) is 0 Å². The maximum absolute atomic E-state index is 15.3. The summed E-state index contributed by atoms with van der Waals surface area (Å²) in [4.78, 5) is 51.1. The van der Waals surface area contributed by atoms with Gasteiger partial charge in [-0.1, -0.05) is 31.4 Å². The number of nitrogens with zero attached hydrogens (tertiary/aromatic N) is 3. The second-order valence-electron chi connectivity index (χ2n) is 9.87. The zero-order valence-corrected chi connectivity index (χ0v) is 23.7. The molecule has 1 aliphatic carbocycles. The number of hydrogen-bond donors (Lipinski definition) is 1. The van der Waals surface area contributed by atoms with Crippen molar-refractivity contribution in [3.05, 3.63) is 63.1 Å². The van der Waals surface area contributed by atoms with Gasteiger partial charge in [0.2, 0.25) is 0 Å². The van der Waals surface area contributed by atoms with Crippen LogP contribution in [-0.4, -0.2) is 53.5 Å². The molecule has 1 aromatic heterocycles. The third-order valence-electron chi connectivity index (χ3n) is 6.63. The number of fused-ring (bicyclic) bond motifs is 1. The lowest BCUT2D eigenvalue weighted by atomic mass is 9.95. The quantitative estimate of drug-likeness (QED) is 0.309. The van der Waals surface area contributed by atoms with Gasteiger partial charge in [0.1, 0.15) is 5.82 Å². The Morgan fingerprint density at radius 3 is 2.12 bits per heavy atom. The van der Waals surface area contributed by atoms with Crippen LogP contribution in [0.1, 0.15) is 65.8 Å². The number of carbonyl (C=O) groups is 2. The molecule has 1 saturated carbocycles. The van der Waals surface area contributed by atoms with Crippen LogP contribution >= 0.6 is 0 Å². The Hall–Kier alpha value is -3.89. The van der Waals surface area contributed by atoms with Crippen LogP contribution in [0.15, 0.2) is 46.0 Å². The number of anilines is 1. The van der Waals surface area contributed by atoms with E-state index in [1.807, 2.05) is 0 Å². The first kappa shape index (κ1) is 30.6. The summed E-state index contributed by atoms with van der Waals surface area (Å²) in [5.41, 5.74) is -0.757. The minimum atomic E-state index is -0.714. The minimum absolute atomic E-state index is 0.0359. The topological polar surface area (TPSA) is 112 Å². The van der Waals surface area contributed by atoms with E-state index in [2.05, 4.69) is 5.32 Å². The van der Waals surface area contributed by atoms with Gasteiger partial charge >= 0.3 is 17.6 Å². The van der Waals surface area contributed by atoms with Crippen LogP contribution in [0.3, 0.4) is 0 Å². The molecule has 1 N–H and O–H groups in total. The van der Waals surface area contributed by atoms with E-state index in [1.54, 1.807) is 27.7 Å². The Morgan fingerprint density at radius 1 is 1.02 bits per heavy atom. The molecule has 1 fully saturated rings. The molecule has 1 aromatic carbocycles. The van der Waals surface area contributed by atoms with Crippen molar-refractivity contribution < 1.29 is 23.5 Å². The van der Waals surface area contributed by atoms with Gasteiger partial charge in [0.15, 0.2) is 0 Å². The van der Waals surface area contributed by atoms with Gasteiger partial charge in [-0.05, 0) is 52.7 Å². The smallest absolute Gasteiger partial charge is 0.350 e. The molecule has 0 atom stereocenters. The zero-order chi connectivity index (χ0) is 29.2. The van der Waals surface area contributed by atoms with E-state index in [1.165, 1.54) is 46.0 Å². The summed E-state index contributed by atoms with van der Waals surface area (Å²) in [6.45, 7) is 7.26. The number of rotatable bonds is 12. The number of carbonyl (C=O) groups excluding carboxylic acids is 2. The first-order valence-corrected chi connectivity index (χ1v) is 13.9. The summed E-state index contributed by atoms with van der Waals surface area (Å²) in [5, 5.41) is 4.66. The first-order valence-electron chi connectivity index (χ1n) is 13.9. The van der Waals surface area contributed by atoms with E-state index in [0.717, 1.165) is 36.8 Å². The fourth-order valence-corrected chi connectivity index (χ4v) is 4.82. The Bertz CT molecular complexity index is 1340. The van der Waals surface area contributed by atoms with Gasteiger partial charge in [-0.3, -0.25) is 14.4 Å². The van der Waals surface area contributed by atoms with Gasteiger partial charge in [-0.2, -0.15) is 4.68 Å². The predicted octanol–water partition coefficient (Wildman–Crippen LogP) is 3.80. The largest absolute Gasteiger partial charge is 0.463 e. The summed E-state index contributed by atoms with van der Waals surface area (Å²) in [7, 11) is 0. The molecule has 1 aliphatic rings. The second kappa shape index (κ2) is 14.5. The molecule has 0 saturated heterocycles. The molecule has 0 aliphatic heterocycles. The number of aromatic nitrogens is 2. The highest BCUT2D eigenvalue weighted by Crippen LogP contribution is 2.26. The van der Waals surface area contributed by atoms with Crippen LogP contribution in [0.25, 0.3) is 10.9 Å². The van der Waals surface area contributed by atoms with Gasteiger partial charge in [0, 0.05) is 24.2 Å². The summed E-state index contributed by atoms with van der Waals surface area (Å²) in [5.74, 6) is -1.73. The molecule has 1 heterocycles. The Balaban J connectivity index is 2.11. The van der Waals surface area contributed by atoms with Gasteiger partial charge in [-0.25, -0.2) is 18.8 Å². The number of ether oxygens (including phenoxy) is 2. The lowest BCUT2D eigenvalue weighted by molar-refractivity contribution is -0.138. The number of hydrogen-bond acceptors (Lipinski definition) is 8. The van der Waals surface area contributed by atoms with Crippen LogP contribution < -0.4 is 21.6 Å². The monoisotopic (exact) mass is 558 g/mol. The lowest BCUT2D eigenvalue weighted by Crippen LogP contribution is -2.53. The van der Waals surface area contributed by atoms with Crippen molar-refractivity contribution in [3.8, 4) is 0 Å². The molecular weight excluding hydrogens is 519 g/mol. The van der Waals surface area contributed by atoms with Gasteiger partial charge < -0.3 is 14.8 Å². The van der Waals surface area contributed by atoms with Crippen molar-refractivity contribution in [2.45, 2.75) is 71.9 Å². The van der Waals surface area contributed by atoms with Crippen LogP contribution in [0.4, 0.5) is 10.1 Å². The molecule has 0 bridgehead atoms. The van der Waals surface area contributed by atoms with Gasteiger partial charge in [-0.15, -0.1) is 0 Å². The van der Waals surface area contributed by atoms with Crippen LogP contribution in [0.2, 0.25) is 0 Å². The molecule has 0 unspecified atom stereocenters. The summed E-state index contributed by atoms with van der Waals surface area (Å²) in [6.07, 6.45) is 10.5. The molecule has 10 nitrogen and oxygen atoms in total. The molecule has 0 radical (unpaired) electrons. The SMILES string of the molecule is CCOC(=O)/C=C/CN(C/C=C/C(=O)OCC)n1c(=O)c2cc(F)c(NC3CCCCC3)cc2n(C(C)C)c1=O. The Kier molecular flexibility index (Phi) is 11.1. The maximum Gasteiger partial charge on any atom is 0.350 e. The van der Waals surface area contributed by atoms with Gasteiger partial charge in [0.25, 0.3) is 5.56 Å². The fourth-order valence-electron chi connectivity index (χ4n) is 4.82. The summed E-state index contributed by atoms with van der Waals surface area (Å²) >= 11 is 0. The van der Waals surface area contributed by atoms with E-state index in [-0.39, 0.29) is 49.5 Å². The van der Waals surface area contributed by atoms with Crippen molar-refractivity contribution >= 4 is 28.5 Å². The van der Waals surface area contributed by atoms with Crippen molar-refractivity contribution in [2.24, 2.45) is 0 Å². The van der Waals surface area contributed by atoms with Crippen LogP contribution in [0.5, 0.6) is 0 Å². The number of esters is 2. The zero-order valence-electron chi connectivity index (χ0n) is 23.7. The highest BCUT2D eigenvalue weighted by Gasteiger charge is 2.22. The highest BCUT2D eigenvalue weighted by molar-refractivity contribution is 5.83. The summed E-state index contributed by atoms with van der Waals surface area (Å²) < 4.78 is 27.5. The molecule has 0 amide bonds. The third-order valence-corrected chi connectivity index (χ3v) is 6.63. The molecule has 0 spiro atoms. The number of nitrogens with one attached hydrogen (secondary N) is 1. The number of halogens is 1. The van der Waals surface area contributed by atoms with E-state index < -0.39 is 29.0 Å². The third kappa shape index (κ3) is 7.61. The average molecular weight is 559 g/mol. The second-order valence-corrected chi connectivity index (χ2v) is 9.87. The summed E-state index contributed by atoms with van der Waals surface area (Å²) in [6, 6.07) is 2.48. The molecule has 40 heavy (non-hydrogen) atoms. The molecular formula is C29H39FN4O6. The first-order chi connectivity index (χ1) is 19.2.